The molecule has 5 rings (SSSR count). The van der Waals surface area contributed by atoms with Crippen molar-refractivity contribution in [1.29, 1.82) is 0 Å². The van der Waals surface area contributed by atoms with Crippen molar-refractivity contribution < 1.29 is 14.3 Å². The van der Waals surface area contributed by atoms with Gasteiger partial charge in [0.2, 0.25) is 5.91 Å². The van der Waals surface area contributed by atoms with Crippen molar-refractivity contribution in [2.45, 2.75) is 59.0 Å². The molecule has 0 bridgehead atoms. The van der Waals surface area contributed by atoms with E-state index in [-0.39, 0.29) is 17.9 Å². The van der Waals surface area contributed by atoms with Gasteiger partial charge in [-0.3, -0.25) is 19.5 Å². The minimum absolute atomic E-state index is 0.108. The average molecular weight is 614 g/mol. The zero-order chi connectivity index (χ0) is 32.2. The number of H-pyrrole nitrogens is 1. The molecule has 45 heavy (non-hydrogen) atoms. The first-order chi connectivity index (χ1) is 21.8. The molecule has 3 aromatic rings. The summed E-state index contributed by atoms with van der Waals surface area (Å²) in [6.07, 6.45) is 7.21. The molecule has 1 fully saturated rings. The predicted molar refractivity (Wildman–Crippen MR) is 179 cm³/mol. The molecule has 10 nitrogen and oxygen atoms in total. The number of anilines is 1. The van der Waals surface area contributed by atoms with Gasteiger partial charge < -0.3 is 25.3 Å². The standard InChI is InChI=1S/C29H33N7O2.C6H14O/c1-4-27(37)32-23-6-5-13-36(17-23)16-20-11-12-30-26(14-20)29(38)33-22-9-7-21(8-10-22)25-15-24-19(2)35(3)18-31-28(24)34-25;1-3-5-7-6-4-2/h4,7-12,14-15,23H,1,5-6,13,16-18H2,2-3H3,(H,31,34)(H,32,37)(H,33,38);3-6H2,1-2H3. The second-order valence-corrected chi connectivity index (χ2v) is 11.5. The number of fused-ring (bicyclic) bond motifs is 1. The summed E-state index contributed by atoms with van der Waals surface area (Å²) in [5, 5.41) is 7.05. The number of hydrogen-bond acceptors (Lipinski definition) is 7. The molecule has 0 saturated carbocycles. The van der Waals surface area contributed by atoms with Crippen LogP contribution in [0.25, 0.3) is 17.0 Å². The third kappa shape index (κ3) is 9.60. The van der Waals surface area contributed by atoms with Crippen LogP contribution in [-0.2, 0) is 16.1 Å². The SMILES string of the molecule is C=CC(=O)NC1CCCN(Cc2ccnc(C(=O)Nc3ccc(-c4cc5c([nH]4)=NCN(C)C=5C)cc3)c2)C1.CCCOCCC. The number of piperidine rings is 1. The maximum Gasteiger partial charge on any atom is 0.274 e. The molecule has 1 saturated heterocycles. The topological polar surface area (TPSA) is 115 Å². The zero-order valence-corrected chi connectivity index (χ0v) is 27.1. The maximum atomic E-state index is 12.9. The molecule has 1 unspecified atom stereocenters. The molecule has 2 amide bonds. The van der Waals surface area contributed by atoms with E-state index in [1.54, 1.807) is 6.20 Å². The van der Waals surface area contributed by atoms with Crippen molar-refractivity contribution in [2.24, 2.45) is 4.99 Å². The zero-order valence-electron chi connectivity index (χ0n) is 27.1. The van der Waals surface area contributed by atoms with Gasteiger partial charge in [-0.15, -0.1) is 0 Å². The number of nitrogens with zero attached hydrogens (tertiary/aromatic N) is 4. The van der Waals surface area contributed by atoms with Gasteiger partial charge in [0, 0.05) is 67.9 Å². The predicted octanol–water partition coefficient (Wildman–Crippen LogP) is 4.07. The number of aromatic amines is 1. The van der Waals surface area contributed by atoms with Gasteiger partial charge in [-0.1, -0.05) is 32.6 Å². The number of carbonyl (C=O) groups excluding carboxylic acids is 2. The number of amides is 2. The van der Waals surface area contributed by atoms with Crippen LogP contribution in [0.15, 0.2) is 66.3 Å². The molecule has 2 aromatic heterocycles. The number of rotatable bonds is 11. The molecule has 0 aliphatic carbocycles. The fraction of sp³-hybridized carbons (Fsp3) is 0.429. The number of nitrogens with one attached hydrogen (secondary N) is 3. The van der Waals surface area contributed by atoms with Crippen LogP contribution < -0.4 is 21.3 Å². The lowest BCUT2D eigenvalue weighted by molar-refractivity contribution is -0.117. The van der Waals surface area contributed by atoms with Gasteiger partial charge in [0.25, 0.3) is 5.91 Å². The molecule has 4 heterocycles. The average Bonchev–Trinajstić information content (AvgIpc) is 3.49. The second kappa shape index (κ2) is 16.7. The second-order valence-electron chi connectivity index (χ2n) is 11.5. The van der Waals surface area contributed by atoms with E-state index in [0.29, 0.717) is 24.6 Å². The summed E-state index contributed by atoms with van der Waals surface area (Å²) in [6, 6.07) is 13.7. The highest BCUT2D eigenvalue weighted by molar-refractivity contribution is 6.03. The lowest BCUT2D eigenvalue weighted by Crippen LogP contribution is -2.46. The number of carbonyl (C=O) groups is 2. The van der Waals surface area contributed by atoms with E-state index in [1.165, 1.54) is 11.8 Å². The van der Waals surface area contributed by atoms with E-state index in [4.69, 9.17) is 4.74 Å². The molecule has 3 N–H and O–H groups in total. The van der Waals surface area contributed by atoms with Gasteiger partial charge in [0.05, 0.1) is 0 Å². The first-order valence-corrected chi connectivity index (χ1v) is 15.9. The first-order valence-electron chi connectivity index (χ1n) is 15.9. The van der Waals surface area contributed by atoms with Crippen LogP contribution in [0.3, 0.4) is 0 Å². The third-order valence-electron chi connectivity index (χ3n) is 7.85. The molecule has 0 spiro atoms. The quantitative estimate of drug-likeness (QED) is 0.222. The molecule has 2 aliphatic heterocycles. The van der Waals surface area contributed by atoms with Crippen molar-refractivity contribution in [3.8, 4) is 11.3 Å². The minimum Gasteiger partial charge on any atom is -0.381 e. The van der Waals surface area contributed by atoms with E-state index in [0.717, 1.165) is 79.5 Å². The Morgan fingerprint density at radius 2 is 1.89 bits per heavy atom. The Morgan fingerprint density at radius 3 is 2.60 bits per heavy atom. The largest absolute Gasteiger partial charge is 0.381 e. The van der Waals surface area contributed by atoms with Crippen LogP contribution in [0.5, 0.6) is 0 Å². The first kappa shape index (κ1) is 33.6. The van der Waals surface area contributed by atoms with E-state index < -0.39 is 0 Å². The van der Waals surface area contributed by atoms with Gasteiger partial charge in [-0.05, 0) is 86.7 Å². The Kier molecular flexibility index (Phi) is 12.5. The Bertz CT molecular complexity index is 1560. The number of aromatic nitrogens is 2. The van der Waals surface area contributed by atoms with Crippen LogP contribution in [0.4, 0.5) is 5.69 Å². The highest BCUT2D eigenvalue weighted by Crippen LogP contribution is 2.20. The van der Waals surface area contributed by atoms with Crippen molar-refractivity contribution in [3.05, 3.63) is 83.3 Å². The molecule has 1 aromatic carbocycles. The summed E-state index contributed by atoms with van der Waals surface area (Å²) < 4.78 is 5.13. The van der Waals surface area contributed by atoms with Crippen molar-refractivity contribution in [3.63, 3.8) is 0 Å². The number of pyridine rings is 1. The van der Waals surface area contributed by atoms with E-state index in [9.17, 15) is 9.59 Å². The van der Waals surface area contributed by atoms with Gasteiger partial charge in [0.15, 0.2) is 0 Å². The lowest BCUT2D eigenvalue weighted by atomic mass is 10.0. The van der Waals surface area contributed by atoms with Crippen LogP contribution in [0, 0.1) is 0 Å². The normalized spacial score (nSPS) is 16.1. The fourth-order valence-corrected chi connectivity index (χ4v) is 5.34. The summed E-state index contributed by atoms with van der Waals surface area (Å²) in [4.78, 5) is 41.3. The molecule has 240 valence electrons. The molecule has 2 aliphatic rings. The van der Waals surface area contributed by atoms with Crippen LogP contribution in [0.1, 0.15) is 62.5 Å². The summed E-state index contributed by atoms with van der Waals surface area (Å²) >= 11 is 0. The van der Waals surface area contributed by atoms with Crippen LogP contribution >= 0.6 is 0 Å². The number of hydrogen-bond donors (Lipinski definition) is 3. The van der Waals surface area contributed by atoms with E-state index >= 15 is 0 Å². The maximum absolute atomic E-state index is 12.9. The van der Waals surface area contributed by atoms with E-state index in [2.05, 4.69) is 68.8 Å². The Labute approximate surface area is 266 Å². The number of ether oxygens (including phenoxy) is 1. The van der Waals surface area contributed by atoms with Crippen molar-refractivity contribution in [1.82, 2.24) is 25.1 Å². The molecule has 0 radical (unpaired) electrons. The lowest BCUT2D eigenvalue weighted by Gasteiger charge is -2.33. The molecule has 1 atom stereocenters. The fourth-order valence-electron chi connectivity index (χ4n) is 5.34. The summed E-state index contributed by atoms with van der Waals surface area (Å²) in [6.45, 7) is 14.8. The molecule has 10 heteroatoms. The molecular weight excluding hydrogens is 566 g/mol. The molecular formula is C35H47N7O3. The minimum atomic E-state index is -0.253. The highest BCUT2D eigenvalue weighted by atomic mass is 16.5. The number of benzene rings is 1. The Hall–Kier alpha value is -4.28. The Morgan fingerprint density at radius 1 is 1.13 bits per heavy atom. The summed E-state index contributed by atoms with van der Waals surface area (Å²) in [7, 11) is 2.03. The van der Waals surface area contributed by atoms with Gasteiger partial charge in [-0.2, -0.15) is 0 Å². The Balaban J connectivity index is 0.000000591. The third-order valence-corrected chi connectivity index (χ3v) is 7.85. The highest BCUT2D eigenvalue weighted by Gasteiger charge is 2.21. The monoisotopic (exact) mass is 613 g/mol. The van der Waals surface area contributed by atoms with Crippen molar-refractivity contribution >= 4 is 23.2 Å². The van der Waals surface area contributed by atoms with Crippen LogP contribution in [0.2, 0.25) is 0 Å². The van der Waals surface area contributed by atoms with Gasteiger partial charge >= 0.3 is 0 Å². The van der Waals surface area contributed by atoms with Crippen LogP contribution in [-0.4, -0.2) is 77.6 Å². The summed E-state index contributed by atoms with van der Waals surface area (Å²) in [5.74, 6) is -0.395. The van der Waals surface area contributed by atoms with Gasteiger partial charge in [0.1, 0.15) is 17.9 Å². The smallest absolute Gasteiger partial charge is 0.274 e. The number of likely N-dealkylation sites (tertiary alicyclic amines) is 1. The van der Waals surface area contributed by atoms with E-state index in [1.807, 2.05) is 43.4 Å². The summed E-state index contributed by atoms with van der Waals surface area (Å²) in [5.41, 5.74) is 6.18. The van der Waals surface area contributed by atoms with Crippen molar-refractivity contribution in [2.75, 3.05) is 45.3 Å². The van der Waals surface area contributed by atoms with Gasteiger partial charge in [-0.25, -0.2) is 4.99 Å².